The number of sulfonamides is 1. The maximum atomic E-state index is 13.3. The zero-order valence-electron chi connectivity index (χ0n) is 16.5. The largest absolute Gasteiger partial charge is 0.416 e. The molecular weight excluding hydrogens is 497 g/mol. The quantitative estimate of drug-likeness (QED) is 0.554. The summed E-state index contributed by atoms with van der Waals surface area (Å²) in [7, 11) is -3.96. The van der Waals surface area contributed by atoms with Crippen LogP contribution in [0.4, 0.5) is 18.9 Å². The molecule has 3 rings (SSSR count). The topological polar surface area (TPSA) is 66.5 Å². The summed E-state index contributed by atoms with van der Waals surface area (Å²) in [6.45, 7) is -0.473. The molecule has 1 aliphatic carbocycles. The van der Waals surface area contributed by atoms with Gasteiger partial charge in [0.25, 0.3) is 0 Å². The van der Waals surface area contributed by atoms with Crippen LogP contribution in [-0.2, 0) is 21.0 Å². The van der Waals surface area contributed by atoms with E-state index in [4.69, 9.17) is 0 Å². The fourth-order valence-corrected chi connectivity index (χ4v) is 5.54. The fourth-order valence-electron chi connectivity index (χ4n) is 3.64. The van der Waals surface area contributed by atoms with Crippen LogP contribution in [0.25, 0.3) is 0 Å². The summed E-state index contributed by atoms with van der Waals surface area (Å²) in [5.74, 6) is -0.689. The Bertz CT molecular complexity index is 1020. The molecule has 1 aliphatic rings. The highest BCUT2D eigenvalue weighted by molar-refractivity contribution is 9.10. The van der Waals surface area contributed by atoms with Crippen LogP contribution in [0.1, 0.15) is 37.7 Å². The molecule has 2 aromatic rings. The van der Waals surface area contributed by atoms with Crippen molar-refractivity contribution < 1.29 is 26.4 Å². The van der Waals surface area contributed by atoms with Gasteiger partial charge >= 0.3 is 6.18 Å². The number of nitrogens with zero attached hydrogens (tertiary/aromatic N) is 1. The number of nitrogens with one attached hydrogen (secondary N) is 1. The van der Waals surface area contributed by atoms with Crippen LogP contribution in [0.3, 0.4) is 0 Å². The van der Waals surface area contributed by atoms with Crippen molar-refractivity contribution in [3.63, 3.8) is 0 Å². The van der Waals surface area contributed by atoms with Crippen LogP contribution in [0.15, 0.2) is 57.9 Å². The monoisotopic (exact) mass is 518 g/mol. The predicted octanol–water partition coefficient (Wildman–Crippen LogP) is 5.43. The number of amides is 1. The molecular formula is C21H22BrF3N2O3S. The van der Waals surface area contributed by atoms with Gasteiger partial charge in [0.2, 0.25) is 15.9 Å². The van der Waals surface area contributed by atoms with Crippen LogP contribution in [-0.4, -0.2) is 31.2 Å². The van der Waals surface area contributed by atoms with Gasteiger partial charge in [-0.25, -0.2) is 8.42 Å². The van der Waals surface area contributed by atoms with Crippen LogP contribution in [0, 0.1) is 0 Å². The standard InChI is InChI=1S/C21H22BrF3N2O3S/c22-16-9-11-19(12-10-16)31(29,30)27(18-7-2-1-3-8-18)14-20(28)26-17-6-4-5-15(13-17)21(23,24)25/h4-6,9-13,18H,1-3,7-8,14H2,(H,26,28). The molecule has 0 spiro atoms. The maximum absolute atomic E-state index is 13.3. The lowest BCUT2D eigenvalue weighted by molar-refractivity contribution is -0.137. The Hall–Kier alpha value is -1.91. The highest BCUT2D eigenvalue weighted by atomic mass is 79.9. The average Bonchev–Trinajstić information content (AvgIpc) is 2.72. The predicted molar refractivity (Wildman–Crippen MR) is 115 cm³/mol. The zero-order valence-corrected chi connectivity index (χ0v) is 18.9. The molecule has 10 heteroatoms. The van der Waals surface area contributed by atoms with E-state index in [1.165, 1.54) is 28.6 Å². The smallest absolute Gasteiger partial charge is 0.325 e. The molecule has 5 nitrogen and oxygen atoms in total. The van der Waals surface area contributed by atoms with Crippen molar-refractivity contribution in [2.45, 2.75) is 49.2 Å². The lowest BCUT2D eigenvalue weighted by Crippen LogP contribution is -2.45. The highest BCUT2D eigenvalue weighted by Gasteiger charge is 2.34. The van der Waals surface area contributed by atoms with Gasteiger partial charge in [0, 0.05) is 16.2 Å². The minimum atomic E-state index is -4.54. The maximum Gasteiger partial charge on any atom is 0.416 e. The van der Waals surface area contributed by atoms with E-state index < -0.39 is 34.2 Å². The van der Waals surface area contributed by atoms with Gasteiger partial charge in [0.05, 0.1) is 17.0 Å². The minimum absolute atomic E-state index is 0.0375. The number of hydrogen-bond donors (Lipinski definition) is 1. The summed E-state index contributed by atoms with van der Waals surface area (Å²) in [6.07, 6.45) is -0.573. The number of carbonyl (C=O) groups excluding carboxylic acids is 1. The number of halogens is 4. The number of benzene rings is 2. The van der Waals surface area contributed by atoms with E-state index in [1.54, 1.807) is 12.1 Å². The molecule has 168 valence electrons. The highest BCUT2D eigenvalue weighted by Crippen LogP contribution is 2.31. The molecule has 1 amide bonds. The molecule has 0 atom stereocenters. The van der Waals surface area contributed by atoms with Gasteiger partial charge in [-0.2, -0.15) is 17.5 Å². The van der Waals surface area contributed by atoms with Crippen LogP contribution >= 0.6 is 15.9 Å². The van der Waals surface area contributed by atoms with Crippen molar-refractivity contribution in [2.75, 3.05) is 11.9 Å². The van der Waals surface area contributed by atoms with E-state index in [0.717, 1.165) is 35.9 Å². The summed E-state index contributed by atoms with van der Waals surface area (Å²) in [5, 5.41) is 2.40. The molecule has 0 radical (unpaired) electrons. The molecule has 0 aromatic heterocycles. The normalized spacial score (nSPS) is 15.8. The zero-order chi connectivity index (χ0) is 22.6. The fraction of sp³-hybridized carbons (Fsp3) is 0.381. The average molecular weight is 519 g/mol. The molecule has 31 heavy (non-hydrogen) atoms. The van der Waals surface area contributed by atoms with Crippen LogP contribution < -0.4 is 5.32 Å². The molecule has 1 fully saturated rings. The Balaban J connectivity index is 1.83. The van der Waals surface area contributed by atoms with E-state index >= 15 is 0 Å². The van der Waals surface area contributed by atoms with Crippen molar-refractivity contribution in [3.8, 4) is 0 Å². The van der Waals surface area contributed by atoms with E-state index in [-0.39, 0.29) is 16.6 Å². The first kappa shape index (κ1) is 23.7. The first-order valence-corrected chi connectivity index (χ1v) is 12.1. The van der Waals surface area contributed by atoms with Crippen molar-refractivity contribution >= 4 is 37.5 Å². The Morgan fingerprint density at radius 2 is 1.71 bits per heavy atom. The van der Waals surface area contributed by atoms with Crippen molar-refractivity contribution in [3.05, 3.63) is 58.6 Å². The second kappa shape index (κ2) is 9.70. The van der Waals surface area contributed by atoms with E-state index in [1.807, 2.05) is 0 Å². The Labute approximate surface area is 187 Å². The van der Waals surface area contributed by atoms with E-state index in [9.17, 15) is 26.4 Å². The summed E-state index contributed by atoms with van der Waals surface area (Å²) >= 11 is 3.27. The second-order valence-corrected chi connectivity index (χ2v) is 10.2. The first-order valence-electron chi connectivity index (χ1n) is 9.82. The van der Waals surface area contributed by atoms with Crippen molar-refractivity contribution in [2.24, 2.45) is 0 Å². The van der Waals surface area contributed by atoms with Gasteiger partial charge in [0.1, 0.15) is 0 Å². The molecule has 0 bridgehead atoms. The summed E-state index contributed by atoms with van der Waals surface area (Å²) in [6, 6.07) is 10.0. The Kier molecular flexibility index (Phi) is 7.43. The molecule has 0 heterocycles. The number of rotatable bonds is 6. The van der Waals surface area contributed by atoms with Gasteiger partial charge in [-0.15, -0.1) is 0 Å². The first-order chi connectivity index (χ1) is 14.6. The molecule has 0 saturated heterocycles. The van der Waals surface area contributed by atoms with Crippen LogP contribution in [0.2, 0.25) is 0 Å². The number of carbonyl (C=O) groups is 1. The Morgan fingerprint density at radius 3 is 2.32 bits per heavy atom. The van der Waals surface area contributed by atoms with Crippen molar-refractivity contribution in [1.29, 1.82) is 0 Å². The molecule has 1 saturated carbocycles. The van der Waals surface area contributed by atoms with Gasteiger partial charge < -0.3 is 5.32 Å². The van der Waals surface area contributed by atoms with Gasteiger partial charge in [-0.3, -0.25) is 4.79 Å². The number of alkyl halides is 3. The summed E-state index contributed by atoms with van der Waals surface area (Å²) < 4.78 is 67.3. The Morgan fingerprint density at radius 1 is 1.06 bits per heavy atom. The van der Waals surface area contributed by atoms with E-state index in [0.29, 0.717) is 12.8 Å². The van der Waals surface area contributed by atoms with Gasteiger partial charge in [0.15, 0.2) is 0 Å². The molecule has 0 aliphatic heterocycles. The second-order valence-electron chi connectivity index (χ2n) is 7.42. The van der Waals surface area contributed by atoms with Gasteiger partial charge in [-0.05, 0) is 55.3 Å². The van der Waals surface area contributed by atoms with E-state index in [2.05, 4.69) is 21.2 Å². The third-order valence-corrected chi connectivity index (χ3v) is 7.62. The summed E-state index contributed by atoms with van der Waals surface area (Å²) in [4.78, 5) is 12.7. The summed E-state index contributed by atoms with van der Waals surface area (Å²) in [5.41, 5.74) is -0.929. The minimum Gasteiger partial charge on any atom is -0.325 e. The number of anilines is 1. The molecule has 2 aromatic carbocycles. The lowest BCUT2D eigenvalue weighted by Gasteiger charge is -2.33. The third-order valence-electron chi connectivity index (χ3n) is 5.18. The molecule has 1 N–H and O–H groups in total. The lowest BCUT2D eigenvalue weighted by atomic mass is 9.95. The van der Waals surface area contributed by atoms with Gasteiger partial charge in [-0.1, -0.05) is 41.3 Å². The SMILES string of the molecule is O=C(CN(C1CCCCC1)S(=O)(=O)c1ccc(Br)cc1)Nc1cccc(C(F)(F)F)c1. The van der Waals surface area contributed by atoms with Crippen molar-refractivity contribution in [1.82, 2.24) is 4.31 Å². The third kappa shape index (κ3) is 6.08. The number of hydrogen-bond acceptors (Lipinski definition) is 3. The van der Waals surface area contributed by atoms with Crippen LogP contribution in [0.5, 0.6) is 0 Å². The molecule has 0 unspecified atom stereocenters.